The van der Waals surface area contributed by atoms with Crippen molar-refractivity contribution in [2.75, 3.05) is 0 Å². The highest BCUT2D eigenvalue weighted by Gasteiger charge is 2.46. The van der Waals surface area contributed by atoms with Crippen molar-refractivity contribution < 1.29 is 0 Å². The quantitative estimate of drug-likeness (QED) is 0.296. The van der Waals surface area contributed by atoms with E-state index in [1.54, 1.807) is 0 Å². The average molecular weight is 404 g/mol. The molecule has 1 nitrogen and oxygen atoms in total. The second-order valence-electron chi connectivity index (χ2n) is 7.74. The van der Waals surface area contributed by atoms with Crippen LogP contribution in [-0.4, -0.2) is 4.98 Å². The summed E-state index contributed by atoms with van der Waals surface area (Å²) in [7, 11) is 0. The zero-order chi connectivity index (χ0) is 20.1. The minimum absolute atomic E-state index is 0.463. The largest absolute Gasteiger partial charge is 0.256 e. The molecule has 0 spiro atoms. The van der Waals surface area contributed by atoms with Gasteiger partial charge in [-0.2, -0.15) is 0 Å². The molecule has 0 fully saturated rings. The minimum Gasteiger partial charge on any atom is -0.256 e. The molecule has 1 aromatic heterocycles. The molecule has 0 amide bonds. The summed E-state index contributed by atoms with van der Waals surface area (Å²) < 4.78 is 0. The third-order valence-electron chi connectivity index (χ3n) is 6.25. The first kappa shape index (κ1) is 17.4. The molecule has 0 N–H and O–H groups in total. The van der Waals surface area contributed by atoms with Gasteiger partial charge in [0.05, 0.1) is 10.9 Å². The van der Waals surface area contributed by atoms with Crippen molar-refractivity contribution in [2.45, 2.75) is 5.41 Å². The van der Waals surface area contributed by atoms with Crippen molar-refractivity contribution in [3.63, 3.8) is 0 Å². The molecule has 0 saturated carbocycles. The summed E-state index contributed by atoms with van der Waals surface area (Å²) in [6, 6.07) is 36.1. The van der Waals surface area contributed by atoms with Crippen molar-refractivity contribution in [3.05, 3.63) is 137 Å². The second kappa shape index (κ2) is 6.55. The Kier molecular flexibility index (Phi) is 3.81. The predicted octanol–water partition coefficient (Wildman–Crippen LogP) is 7.25. The van der Waals surface area contributed by atoms with Crippen LogP contribution >= 0.6 is 11.6 Å². The Hall–Kier alpha value is -3.42. The van der Waals surface area contributed by atoms with Gasteiger partial charge in [-0.1, -0.05) is 96.5 Å². The van der Waals surface area contributed by atoms with Crippen LogP contribution in [0.25, 0.3) is 22.0 Å². The molecular weight excluding hydrogens is 386 g/mol. The number of fused-ring (bicyclic) bond motifs is 4. The molecule has 0 bridgehead atoms. The molecule has 6 rings (SSSR count). The number of pyridine rings is 1. The first-order valence-corrected chi connectivity index (χ1v) is 10.5. The highest BCUT2D eigenvalue weighted by atomic mass is 35.5. The summed E-state index contributed by atoms with van der Waals surface area (Å²) in [5.41, 5.74) is 7.67. The molecule has 0 saturated heterocycles. The molecule has 1 atom stereocenters. The van der Waals surface area contributed by atoms with Crippen LogP contribution in [0.3, 0.4) is 0 Å². The van der Waals surface area contributed by atoms with Gasteiger partial charge in [-0.05, 0) is 46.0 Å². The molecule has 0 radical (unpaired) electrons. The van der Waals surface area contributed by atoms with E-state index in [0.29, 0.717) is 0 Å². The molecule has 1 unspecified atom stereocenters. The number of aromatic nitrogens is 1. The van der Waals surface area contributed by atoms with Crippen molar-refractivity contribution in [1.29, 1.82) is 0 Å². The number of nitrogens with zero attached hydrogens (tertiary/aromatic N) is 1. The van der Waals surface area contributed by atoms with Gasteiger partial charge in [0.1, 0.15) is 0 Å². The molecule has 1 heterocycles. The standard InChI is InChI=1S/C28H18ClN/c29-25-15-8-14-24-27(25)22-12-5-6-13-23(22)28(24,20-10-2-1-3-11-20)21-17-19-9-4-7-16-26(19)30-18-21/h1-18H. The first-order chi connectivity index (χ1) is 14.8. The number of hydrogen-bond acceptors (Lipinski definition) is 1. The smallest absolute Gasteiger partial charge is 0.0729 e. The summed E-state index contributed by atoms with van der Waals surface area (Å²) in [5.74, 6) is 0. The van der Waals surface area contributed by atoms with Crippen LogP contribution in [0.1, 0.15) is 22.3 Å². The summed E-state index contributed by atoms with van der Waals surface area (Å²) in [5, 5.41) is 1.92. The zero-order valence-corrected chi connectivity index (χ0v) is 17.0. The number of rotatable bonds is 2. The third-order valence-corrected chi connectivity index (χ3v) is 6.56. The van der Waals surface area contributed by atoms with E-state index in [2.05, 4.69) is 91.0 Å². The lowest BCUT2D eigenvalue weighted by Gasteiger charge is -2.33. The van der Waals surface area contributed by atoms with Gasteiger partial charge in [-0.3, -0.25) is 4.98 Å². The fourth-order valence-corrected chi connectivity index (χ4v) is 5.31. The van der Waals surface area contributed by atoms with Gasteiger partial charge in [0.25, 0.3) is 0 Å². The predicted molar refractivity (Wildman–Crippen MR) is 124 cm³/mol. The van der Waals surface area contributed by atoms with Gasteiger partial charge in [0.15, 0.2) is 0 Å². The van der Waals surface area contributed by atoms with E-state index < -0.39 is 5.41 Å². The van der Waals surface area contributed by atoms with E-state index in [-0.39, 0.29) is 0 Å². The summed E-state index contributed by atoms with van der Waals surface area (Å²) in [6.45, 7) is 0. The summed E-state index contributed by atoms with van der Waals surface area (Å²) in [4.78, 5) is 4.83. The van der Waals surface area contributed by atoms with Crippen LogP contribution in [0.15, 0.2) is 109 Å². The maximum Gasteiger partial charge on any atom is 0.0729 e. The van der Waals surface area contributed by atoms with E-state index in [9.17, 15) is 0 Å². The van der Waals surface area contributed by atoms with Crippen molar-refractivity contribution in [3.8, 4) is 11.1 Å². The van der Waals surface area contributed by atoms with Crippen LogP contribution in [0.5, 0.6) is 0 Å². The average Bonchev–Trinajstić information content (AvgIpc) is 3.12. The van der Waals surface area contributed by atoms with Crippen LogP contribution in [0, 0.1) is 0 Å². The Morgan fingerprint density at radius 3 is 2.27 bits per heavy atom. The minimum atomic E-state index is -0.463. The molecule has 5 aromatic rings. The van der Waals surface area contributed by atoms with Crippen LogP contribution in [-0.2, 0) is 5.41 Å². The number of hydrogen-bond donors (Lipinski definition) is 0. The molecule has 142 valence electrons. The SMILES string of the molecule is Clc1cccc2c1-c1ccccc1C2(c1ccccc1)c1cnc2ccccc2c1. The normalized spacial score (nSPS) is 17.0. The number of benzene rings is 4. The van der Waals surface area contributed by atoms with Crippen molar-refractivity contribution >= 4 is 22.5 Å². The van der Waals surface area contributed by atoms with Gasteiger partial charge in [0.2, 0.25) is 0 Å². The zero-order valence-electron chi connectivity index (χ0n) is 16.2. The molecule has 1 aliphatic carbocycles. The Morgan fingerprint density at radius 1 is 0.633 bits per heavy atom. The fraction of sp³-hybridized carbons (Fsp3) is 0.0357. The Bertz CT molecular complexity index is 1410. The second-order valence-corrected chi connectivity index (χ2v) is 8.15. The van der Waals surface area contributed by atoms with Gasteiger partial charge in [-0.25, -0.2) is 0 Å². The Labute approximate surface area is 180 Å². The van der Waals surface area contributed by atoms with Crippen molar-refractivity contribution in [2.24, 2.45) is 0 Å². The molecule has 30 heavy (non-hydrogen) atoms. The van der Waals surface area contributed by atoms with E-state index >= 15 is 0 Å². The molecular formula is C28H18ClN. The van der Waals surface area contributed by atoms with E-state index in [0.717, 1.165) is 27.1 Å². The Balaban J connectivity index is 1.81. The van der Waals surface area contributed by atoms with Crippen molar-refractivity contribution in [1.82, 2.24) is 4.98 Å². The van der Waals surface area contributed by atoms with Crippen LogP contribution < -0.4 is 0 Å². The van der Waals surface area contributed by atoms with E-state index in [4.69, 9.17) is 16.6 Å². The van der Waals surface area contributed by atoms with Gasteiger partial charge in [0, 0.05) is 22.2 Å². The summed E-state index contributed by atoms with van der Waals surface area (Å²) in [6.07, 6.45) is 2.03. The monoisotopic (exact) mass is 403 g/mol. The molecule has 4 aromatic carbocycles. The van der Waals surface area contributed by atoms with Gasteiger partial charge < -0.3 is 0 Å². The van der Waals surface area contributed by atoms with E-state index in [1.165, 1.54) is 22.3 Å². The van der Waals surface area contributed by atoms with E-state index in [1.807, 2.05) is 18.3 Å². The first-order valence-electron chi connectivity index (χ1n) is 10.1. The molecule has 1 aliphatic rings. The maximum atomic E-state index is 6.78. The summed E-state index contributed by atoms with van der Waals surface area (Å²) >= 11 is 6.78. The fourth-order valence-electron chi connectivity index (χ4n) is 5.04. The van der Waals surface area contributed by atoms with Gasteiger partial charge in [-0.15, -0.1) is 0 Å². The third kappa shape index (κ3) is 2.27. The van der Waals surface area contributed by atoms with Crippen LogP contribution in [0.2, 0.25) is 5.02 Å². The topological polar surface area (TPSA) is 12.9 Å². The lowest BCUT2D eigenvalue weighted by molar-refractivity contribution is 0.765. The van der Waals surface area contributed by atoms with Crippen LogP contribution in [0.4, 0.5) is 0 Å². The number of halogens is 1. The molecule has 0 aliphatic heterocycles. The molecule has 2 heteroatoms. The van der Waals surface area contributed by atoms with Gasteiger partial charge >= 0.3 is 0 Å². The number of para-hydroxylation sites is 1. The Morgan fingerprint density at radius 2 is 1.37 bits per heavy atom. The highest BCUT2D eigenvalue weighted by Crippen LogP contribution is 2.57. The lowest BCUT2D eigenvalue weighted by Crippen LogP contribution is -2.28. The highest BCUT2D eigenvalue weighted by molar-refractivity contribution is 6.34. The lowest BCUT2D eigenvalue weighted by atomic mass is 9.68. The maximum absolute atomic E-state index is 6.78.